The lowest BCUT2D eigenvalue weighted by molar-refractivity contribution is -0.140. The lowest BCUT2D eigenvalue weighted by atomic mass is 9.81. The zero-order valence-electron chi connectivity index (χ0n) is 19.5. The van der Waals surface area contributed by atoms with Gasteiger partial charge in [-0.15, -0.1) is 0 Å². The Morgan fingerprint density at radius 3 is 2.60 bits per heavy atom. The molecule has 0 fully saturated rings. The van der Waals surface area contributed by atoms with E-state index in [1.54, 1.807) is 60.6 Å². The van der Waals surface area contributed by atoms with E-state index in [9.17, 15) is 19.5 Å². The third-order valence-corrected chi connectivity index (χ3v) is 6.58. The number of aryl methyl sites for hydroxylation is 1. The van der Waals surface area contributed by atoms with Crippen LogP contribution >= 0.6 is 0 Å². The van der Waals surface area contributed by atoms with Crippen molar-refractivity contribution in [3.8, 4) is 0 Å². The first-order chi connectivity index (χ1) is 16.9. The molecule has 0 bridgehead atoms. The quantitative estimate of drug-likeness (QED) is 0.521. The lowest BCUT2D eigenvalue weighted by Gasteiger charge is -2.35. The molecule has 1 N–H and O–H groups in total. The topological polar surface area (TPSA) is 104 Å². The Labute approximate surface area is 202 Å². The number of para-hydroxylation sites is 1. The van der Waals surface area contributed by atoms with Gasteiger partial charge in [0, 0.05) is 31.0 Å². The number of ketones is 1. The number of aliphatic hydroxyl groups excluding tert-OH is 1. The average Bonchev–Trinajstić information content (AvgIpc) is 3.47. The van der Waals surface area contributed by atoms with E-state index in [2.05, 4.69) is 4.98 Å². The summed E-state index contributed by atoms with van der Waals surface area (Å²) in [6, 6.07) is 13.7. The number of hydrogen-bond acceptors (Lipinski definition) is 6. The number of nitrogens with zero attached hydrogens (tertiary/aromatic N) is 3. The molecule has 1 unspecified atom stereocenters. The van der Waals surface area contributed by atoms with Crippen LogP contribution in [0.25, 0.3) is 0 Å². The molecule has 2 aromatic heterocycles. The van der Waals surface area contributed by atoms with Crippen molar-refractivity contribution in [3.05, 3.63) is 94.9 Å². The summed E-state index contributed by atoms with van der Waals surface area (Å²) in [6.45, 7) is 4.12. The average molecular weight is 472 g/mol. The Kier molecular flexibility index (Phi) is 5.51. The van der Waals surface area contributed by atoms with Crippen molar-refractivity contribution >= 4 is 23.3 Å². The third kappa shape index (κ3) is 3.28. The number of pyridine rings is 1. The van der Waals surface area contributed by atoms with Gasteiger partial charge in [-0.25, -0.2) is 0 Å². The van der Waals surface area contributed by atoms with Crippen LogP contribution in [0, 0.1) is 6.92 Å². The van der Waals surface area contributed by atoms with Crippen LogP contribution in [-0.4, -0.2) is 39.1 Å². The number of hydrogen-bond donors (Lipinski definition) is 1. The fraction of sp³-hybridized carbons (Fsp3) is 0.259. The molecule has 8 nitrogen and oxygen atoms in total. The maximum atomic E-state index is 14.3. The summed E-state index contributed by atoms with van der Waals surface area (Å²) in [4.78, 5) is 48.7. The summed E-state index contributed by atoms with van der Waals surface area (Å²) >= 11 is 0. The molecule has 1 aromatic carbocycles. The number of aliphatic hydroxyl groups is 1. The minimum absolute atomic E-state index is 0.0214. The predicted octanol–water partition coefficient (Wildman–Crippen LogP) is 4.06. The zero-order valence-corrected chi connectivity index (χ0v) is 19.5. The standard InChI is InChI=1S/C27H25N3O5/c1-3-4-14-29-20-10-6-5-9-19(20)27(26(29)34)22(23(31)21-12-11-17(2)35-21)24(32)25(33)30(27)16-18-8-7-13-28-15-18/h5-13,15,32H,3-4,14,16H2,1-2H3. The van der Waals surface area contributed by atoms with Crippen LogP contribution in [0.5, 0.6) is 0 Å². The largest absolute Gasteiger partial charge is 0.503 e. The molecular weight excluding hydrogens is 446 g/mol. The normalized spacial score (nSPS) is 19.3. The number of rotatable bonds is 7. The van der Waals surface area contributed by atoms with Crippen molar-refractivity contribution in [3.63, 3.8) is 0 Å². The van der Waals surface area contributed by atoms with E-state index in [1.165, 1.54) is 11.0 Å². The molecular formula is C27H25N3O5. The maximum Gasteiger partial charge on any atom is 0.290 e. The van der Waals surface area contributed by atoms with Crippen molar-refractivity contribution in [1.29, 1.82) is 0 Å². The lowest BCUT2D eigenvalue weighted by Crippen LogP contribution is -2.53. The van der Waals surface area contributed by atoms with Crippen molar-refractivity contribution in [1.82, 2.24) is 9.88 Å². The molecule has 0 saturated carbocycles. The zero-order chi connectivity index (χ0) is 24.7. The number of aromatic nitrogens is 1. The van der Waals surface area contributed by atoms with Crippen LogP contribution in [0.2, 0.25) is 0 Å². The first kappa shape index (κ1) is 22.6. The first-order valence-corrected chi connectivity index (χ1v) is 11.6. The molecule has 4 heterocycles. The summed E-state index contributed by atoms with van der Waals surface area (Å²) in [7, 11) is 0. The molecule has 1 spiro atoms. The van der Waals surface area contributed by atoms with Crippen LogP contribution in [0.4, 0.5) is 5.69 Å². The number of furan rings is 1. The molecule has 5 rings (SSSR count). The monoisotopic (exact) mass is 471 g/mol. The smallest absolute Gasteiger partial charge is 0.290 e. The van der Waals surface area contributed by atoms with Gasteiger partial charge < -0.3 is 19.3 Å². The van der Waals surface area contributed by atoms with Gasteiger partial charge in [0.05, 0.1) is 11.3 Å². The van der Waals surface area contributed by atoms with Crippen molar-refractivity contribution in [2.45, 2.75) is 38.8 Å². The van der Waals surface area contributed by atoms with Crippen LogP contribution in [0.3, 0.4) is 0 Å². The molecule has 0 aliphatic carbocycles. The first-order valence-electron chi connectivity index (χ1n) is 11.6. The molecule has 178 valence electrons. The number of amides is 2. The number of Topliss-reactive ketones (excluding diaryl/α,β-unsaturated/α-hetero) is 1. The molecule has 2 aliphatic heterocycles. The molecule has 0 radical (unpaired) electrons. The van der Waals surface area contributed by atoms with E-state index in [1.807, 2.05) is 13.0 Å². The van der Waals surface area contributed by atoms with E-state index < -0.39 is 28.9 Å². The highest BCUT2D eigenvalue weighted by molar-refractivity contribution is 6.25. The second-order valence-electron chi connectivity index (χ2n) is 8.75. The fourth-order valence-electron chi connectivity index (χ4n) is 4.99. The molecule has 2 aliphatic rings. The second kappa shape index (κ2) is 8.54. The minimum atomic E-state index is -1.82. The van der Waals surface area contributed by atoms with E-state index in [4.69, 9.17) is 4.42 Å². The van der Waals surface area contributed by atoms with Gasteiger partial charge in [-0.3, -0.25) is 19.4 Å². The Hall–Kier alpha value is -4.20. The van der Waals surface area contributed by atoms with Crippen molar-refractivity contribution < 1.29 is 23.9 Å². The van der Waals surface area contributed by atoms with E-state index >= 15 is 0 Å². The van der Waals surface area contributed by atoms with Gasteiger partial charge in [0.25, 0.3) is 11.8 Å². The number of carbonyl (C=O) groups excluding carboxylic acids is 3. The van der Waals surface area contributed by atoms with Crippen LogP contribution in [0.1, 0.15) is 47.2 Å². The summed E-state index contributed by atoms with van der Waals surface area (Å²) in [5.74, 6) is -2.22. The van der Waals surface area contributed by atoms with Crippen LogP contribution < -0.4 is 4.90 Å². The fourth-order valence-corrected chi connectivity index (χ4v) is 4.99. The highest BCUT2D eigenvalue weighted by Crippen LogP contribution is 2.54. The maximum absolute atomic E-state index is 14.3. The van der Waals surface area contributed by atoms with E-state index in [-0.39, 0.29) is 17.9 Å². The molecule has 3 aromatic rings. The second-order valence-corrected chi connectivity index (χ2v) is 8.75. The molecule has 8 heteroatoms. The molecule has 2 amide bonds. The van der Waals surface area contributed by atoms with Crippen LogP contribution in [0.15, 0.2) is 76.7 Å². The third-order valence-electron chi connectivity index (χ3n) is 6.58. The van der Waals surface area contributed by atoms with Gasteiger partial charge in [-0.05, 0) is 43.2 Å². The number of unbranched alkanes of at least 4 members (excludes halogenated alkanes) is 1. The molecule has 0 saturated heterocycles. The number of benzene rings is 1. The summed E-state index contributed by atoms with van der Waals surface area (Å²) < 4.78 is 5.55. The SMILES string of the molecule is CCCCN1C(=O)C2(C(C(=O)c3ccc(C)o3)=C(O)C(=O)N2Cc2cccnc2)c2ccccc21. The molecule has 1 atom stereocenters. The van der Waals surface area contributed by atoms with Gasteiger partial charge >= 0.3 is 0 Å². The summed E-state index contributed by atoms with van der Waals surface area (Å²) in [5, 5.41) is 11.1. The summed E-state index contributed by atoms with van der Waals surface area (Å²) in [5.41, 5.74) is -0.344. The minimum Gasteiger partial charge on any atom is -0.503 e. The van der Waals surface area contributed by atoms with Crippen LogP contribution in [-0.2, 0) is 21.7 Å². The molecule has 35 heavy (non-hydrogen) atoms. The highest BCUT2D eigenvalue weighted by Gasteiger charge is 2.65. The van der Waals surface area contributed by atoms with Gasteiger partial charge in [0.2, 0.25) is 5.78 Å². The highest BCUT2D eigenvalue weighted by atomic mass is 16.3. The van der Waals surface area contributed by atoms with Crippen molar-refractivity contribution in [2.75, 3.05) is 11.4 Å². The van der Waals surface area contributed by atoms with Gasteiger partial charge in [-0.1, -0.05) is 37.6 Å². The van der Waals surface area contributed by atoms with E-state index in [0.717, 1.165) is 12.8 Å². The van der Waals surface area contributed by atoms with E-state index in [0.29, 0.717) is 29.1 Å². The van der Waals surface area contributed by atoms with Gasteiger partial charge in [-0.2, -0.15) is 0 Å². The number of anilines is 1. The number of fused-ring (bicyclic) bond motifs is 2. The van der Waals surface area contributed by atoms with Crippen molar-refractivity contribution in [2.24, 2.45) is 0 Å². The Balaban J connectivity index is 1.75. The predicted molar refractivity (Wildman–Crippen MR) is 128 cm³/mol. The van der Waals surface area contributed by atoms with Gasteiger partial charge in [0.1, 0.15) is 5.76 Å². The Morgan fingerprint density at radius 1 is 1.11 bits per heavy atom. The number of carbonyl (C=O) groups is 3. The Bertz CT molecular complexity index is 1360. The Morgan fingerprint density at radius 2 is 1.91 bits per heavy atom. The summed E-state index contributed by atoms with van der Waals surface area (Å²) in [6.07, 6.45) is 4.80. The van der Waals surface area contributed by atoms with Gasteiger partial charge in [0.15, 0.2) is 17.1 Å².